The van der Waals surface area contributed by atoms with Gasteiger partial charge in [0, 0.05) is 16.9 Å². The Labute approximate surface area is 192 Å². The van der Waals surface area contributed by atoms with E-state index in [1.54, 1.807) is 0 Å². The fourth-order valence-corrected chi connectivity index (χ4v) is 4.17. The first-order chi connectivity index (χ1) is 15.5. The first-order valence-electron chi connectivity index (χ1n) is 10.6. The minimum atomic E-state index is -0.0768. The lowest BCUT2D eigenvalue weighted by atomic mass is 10.0. The Kier molecular flexibility index (Phi) is 6.71. The van der Waals surface area contributed by atoms with Crippen molar-refractivity contribution in [1.82, 2.24) is 14.8 Å². The highest BCUT2D eigenvalue weighted by Gasteiger charge is 2.17. The maximum absolute atomic E-state index is 12.6. The number of rotatable bonds is 7. The quantitative estimate of drug-likeness (QED) is 0.352. The average Bonchev–Trinajstić information content (AvgIpc) is 3.23. The van der Waals surface area contributed by atoms with Crippen molar-refractivity contribution in [3.8, 4) is 17.1 Å². The zero-order valence-corrected chi connectivity index (χ0v) is 19.3. The van der Waals surface area contributed by atoms with Crippen molar-refractivity contribution in [3.63, 3.8) is 0 Å². The van der Waals surface area contributed by atoms with Gasteiger partial charge in [0.2, 0.25) is 5.91 Å². The molecule has 4 aromatic rings. The summed E-state index contributed by atoms with van der Waals surface area (Å²) in [5.74, 6) is 1.38. The third kappa shape index (κ3) is 5.08. The highest BCUT2D eigenvalue weighted by Crippen LogP contribution is 2.28. The molecule has 1 amide bonds. The topological polar surface area (TPSA) is 59.8 Å². The number of benzene rings is 3. The van der Waals surface area contributed by atoms with Crippen LogP contribution in [0, 0.1) is 6.92 Å². The maximum atomic E-state index is 12.6. The van der Waals surface area contributed by atoms with Gasteiger partial charge in [-0.1, -0.05) is 79.7 Å². The lowest BCUT2D eigenvalue weighted by Gasteiger charge is -2.11. The van der Waals surface area contributed by atoms with Crippen LogP contribution in [-0.4, -0.2) is 26.4 Å². The van der Waals surface area contributed by atoms with E-state index in [1.807, 2.05) is 71.3 Å². The molecule has 0 saturated carbocycles. The third-order valence-electron chi connectivity index (χ3n) is 5.12. The van der Waals surface area contributed by atoms with E-state index in [-0.39, 0.29) is 11.7 Å². The number of aryl methyl sites for hydroxylation is 1. The fraction of sp³-hybridized carbons (Fsp3) is 0.192. The molecule has 5 nitrogen and oxygen atoms in total. The molecule has 0 aliphatic carbocycles. The second kappa shape index (κ2) is 9.83. The summed E-state index contributed by atoms with van der Waals surface area (Å²) in [6.07, 6.45) is 0. The third-order valence-corrected chi connectivity index (χ3v) is 6.05. The molecule has 32 heavy (non-hydrogen) atoms. The lowest BCUT2D eigenvalue weighted by Crippen LogP contribution is -2.14. The van der Waals surface area contributed by atoms with Crippen LogP contribution in [0.4, 0.5) is 5.69 Å². The second-order valence-corrected chi connectivity index (χ2v) is 8.90. The SMILES string of the molecule is Cc1cccc(-c2nnc(SCC(=O)Nc3ccc(C(C)C)cc3)n2-c2ccccc2)c1. The molecular weight excluding hydrogens is 416 g/mol. The number of para-hydroxylation sites is 1. The molecule has 162 valence electrons. The molecule has 1 aromatic heterocycles. The minimum Gasteiger partial charge on any atom is -0.325 e. The average molecular weight is 443 g/mol. The number of carbonyl (C=O) groups excluding carboxylic acids is 1. The Morgan fingerprint density at radius 1 is 0.969 bits per heavy atom. The van der Waals surface area contributed by atoms with Crippen molar-refractivity contribution >= 4 is 23.4 Å². The van der Waals surface area contributed by atoms with Crippen LogP contribution in [0.2, 0.25) is 0 Å². The largest absolute Gasteiger partial charge is 0.325 e. The predicted molar refractivity (Wildman–Crippen MR) is 131 cm³/mol. The van der Waals surface area contributed by atoms with E-state index in [1.165, 1.54) is 17.3 Å². The van der Waals surface area contributed by atoms with Crippen molar-refractivity contribution in [2.45, 2.75) is 31.8 Å². The maximum Gasteiger partial charge on any atom is 0.234 e. The van der Waals surface area contributed by atoms with Crippen molar-refractivity contribution in [1.29, 1.82) is 0 Å². The Morgan fingerprint density at radius 3 is 2.41 bits per heavy atom. The van der Waals surface area contributed by atoms with Crippen LogP contribution in [-0.2, 0) is 4.79 Å². The number of nitrogens with one attached hydrogen (secondary N) is 1. The minimum absolute atomic E-state index is 0.0768. The summed E-state index contributed by atoms with van der Waals surface area (Å²) in [7, 11) is 0. The molecule has 1 N–H and O–H groups in total. The van der Waals surface area contributed by atoms with Gasteiger partial charge in [-0.15, -0.1) is 10.2 Å². The number of aromatic nitrogens is 3. The highest BCUT2D eigenvalue weighted by molar-refractivity contribution is 7.99. The first-order valence-corrected chi connectivity index (χ1v) is 11.6. The Balaban J connectivity index is 1.54. The number of thioether (sulfide) groups is 1. The van der Waals surface area contributed by atoms with Gasteiger partial charge in [-0.05, 0) is 48.7 Å². The fourth-order valence-electron chi connectivity index (χ4n) is 3.42. The van der Waals surface area contributed by atoms with Crippen molar-refractivity contribution < 1.29 is 4.79 Å². The van der Waals surface area contributed by atoms with Crippen LogP contribution in [0.5, 0.6) is 0 Å². The monoisotopic (exact) mass is 442 g/mol. The summed E-state index contributed by atoms with van der Waals surface area (Å²) in [5, 5.41) is 12.5. The van der Waals surface area contributed by atoms with E-state index in [9.17, 15) is 4.79 Å². The number of amides is 1. The highest BCUT2D eigenvalue weighted by atomic mass is 32.2. The Bertz CT molecular complexity index is 1200. The van der Waals surface area contributed by atoms with Gasteiger partial charge in [0.05, 0.1) is 5.75 Å². The molecule has 0 radical (unpaired) electrons. The summed E-state index contributed by atoms with van der Waals surface area (Å²) in [4.78, 5) is 12.6. The molecule has 0 bridgehead atoms. The van der Waals surface area contributed by atoms with Crippen molar-refractivity contribution in [3.05, 3.63) is 90.0 Å². The van der Waals surface area contributed by atoms with Crippen LogP contribution in [0.25, 0.3) is 17.1 Å². The molecule has 4 rings (SSSR count). The normalized spacial score (nSPS) is 11.0. The van der Waals surface area contributed by atoms with Gasteiger partial charge in [0.15, 0.2) is 11.0 Å². The van der Waals surface area contributed by atoms with Gasteiger partial charge in [0.1, 0.15) is 0 Å². The van der Waals surface area contributed by atoms with E-state index in [2.05, 4.69) is 48.4 Å². The van der Waals surface area contributed by atoms with Gasteiger partial charge in [-0.3, -0.25) is 9.36 Å². The van der Waals surface area contributed by atoms with E-state index in [4.69, 9.17) is 0 Å². The molecule has 0 fully saturated rings. The van der Waals surface area contributed by atoms with Crippen molar-refractivity contribution in [2.75, 3.05) is 11.1 Å². The molecule has 0 unspecified atom stereocenters. The van der Waals surface area contributed by atoms with E-state index >= 15 is 0 Å². The molecule has 0 saturated heterocycles. The Morgan fingerprint density at radius 2 is 1.72 bits per heavy atom. The van der Waals surface area contributed by atoms with Gasteiger partial charge in [-0.25, -0.2) is 0 Å². The summed E-state index contributed by atoms with van der Waals surface area (Å²) < 4.78 is 2.00. The summed E-state index contributed by atoms with van der Waals surface area (Å²) in [5.41, 5.74) is 5.15. The van der Waals surface area contributed by atoms with Gasteiger partial charge in [0.25, 0.3) is 0 Å². The predicted octanol–water partition coefficient (Wildman–Crippen LogP) is 6.10. The van der Waals surface area contributed by atoms with E-state index in [0.717, 1.165) is 28.3 Å². The number of nitrogens with zero attached hydrogens (tertiary/aromatic N) is 3. The lowest BCUT2D eigenvalue weighted by molar-refractivity contribution is -0.113. The van der Waals surface area contributed by atoms with Gasteiger partial charge < -0.3 is 5.32 Å². The molecule has 0 aliphatic rings. The number of hydrogen-bond donors (Lipinski definition) is 1. The standard InChI is InChI=1S/C26H26N4OS/c1-18(2)20-12-14-22(15-13-20)27-24(31)17-32-26-29-28-25(21-9-7-8-19(3)16-21)30(26)23-10-5-4-6-11-23/h4-16,18H,17H2,1-3H3,(H,27,31). The van der Waals surface area contributed by atoms with Crippen LogP contribution in [0.1, 0.15) is 30.9 Å². The number of hydrogen-bond acceptors (Lipinski definition) is 4. The van der Waals surface area contributed by atoms with Crippen LogP contribution in [0.15, 0.2) is 84.0 Å². The van der Waals surface area contributed by atoms with E-state index < -0.39 is 0 Å². The van der Waals surface area contributed by atoms with Crippen LogP contribution in [0.3, 0.4) is 0 Å². The summed E-state index contributed by atoms with van der Waals surface area (Å²) in [6.45, 7) is 6.36. The summed E-state index contributed by atoms with van der Waals surface area (Å²) >= 11 is 1.37. The van der Waals surface area contributed by atoms with E-state index in [0.29, 0.717) is 11.1 Å². The van der Waals surface area contributed by atoms with Gasteiger partial charge >= 0.3 is 0 Å². The zero-order valence-electron chi connectivity index (χ0n) is 18.4. The Hall–Kier alpha value is -3.38. The zero-order chi connectivity index (χ0) is 22.5. The van der Waals surface area contributed by atoms with Gasteiger partial charge in [-0.2, -0.15) is 0 Å². The smallest absolute Gasteiger partial charge is 0.234 e. The molecule has 6 heteroatoms. The second-order valence-electron chi connectivity index (χ2n) is 7.96. The molecule has 0 spiro atoms. The van der Waals surface area contributed by atoms with Crippen LogP contribution < -0.4 is 5.32 Å². The number of anilines is 1. The molecule has 0 atom stereocenters. The number of carbonyl (C=O) groups is 1. The molecule has 0 aliphatic heterocycles. The molecule has 1 heterocycles. The molecule has 3 aromatic carbocycles. The molecular formula is C26H26N4OS. The van der Waals surface area contributed by atoms with Crippen molar-refractivity contribution in [2.24, 2.45) is 0 Å². The summed E-state index contributed by atoms with van der Waals surface area (Å²) in [6, 6.07) is 26.1. The first kappa shape index (κ1) is 21.8. The van der Waals surface area contributed by atoms with Crippen LogP contribution >= 0.6 is 11.8 Å².